The van der Waals surface area contributed by atoms with Gasteiger partial charge in [0.15, 0.2) is 0 Å². The van der Waals surface area contributed by atoms with Gasteiger partial charge >= 0.3 is 0 Å². The fourth-order valence-corrected chi connectivity index (χ4v) is 2.37. The number of nitrogens with one attached hydrogen (secondary N) is 1. The van der Waals surface area contributed by atoms with Crippen molar-refractivity contribution in [1.29, 1.82) is 0 Å². The first-order valence-corrected chi connectivity index (χ1v) is 7.88. The number of hydrogen-bond acceptors (Lipinski definition) is 6. The molecule has 108 valence electrons. The van der Waals surface area contributed by atoms with E-state index in [0.717, 1.165) is 55.9 Å². The zero-order chi connectivity index (χ0) is 13.5. The van der Waals surface area contributed by atoms with E-state index in [1.54, 1.807) is 0 Å². The predicted molar refractivity (Wildman–Crippen MR) is 78.6 cm³/mol. The molecule has 1 aliphatic carbocycles. The standard InChI is InChI=1S/C13H24N4OS/c1-3-6-14-13-12(15-16-19-13)9-17(2)7-8-18-10-11-4-5-11/h11,14H,3-10H2,1-2H3. The number of ether oxygens (including phenoxy) is 1. The molecular formula is C13H24N4OS. The van der Waals surface area contributed by atoms with Crippen molar-refractivity contribution in [2.24, 2.45) is 5.92 Å². The molecule has 0 atom stereocenters. The summed E-state index contributed by atoms with van der Waals surface area (Å²) in [4.78, 5) is 2.24. The van der Waals surface area contributed by atoms with Gasteiger partial charge in [0.05, 0.1) is 6.61 Å². The molecule has 1 aromatic rings. The summed E-state index contributed by atoms with van der Waals surface area (Å²) in [6.45, 7) is 6.65. The zero-order valence-electron chi connectivity index (χ0n) is 11.9. The van der Waals surface area contributed by atoms with E-state index >= 15 is 0 Å². The van der Waals surface area contributed by atoms with Crippen LogP contribution in [0.25, 0.3) is 0 Å². The smallest absolute Gasteiger partial charge is 0.134 e. The Balaban J connectivity index is 1.65. The van der Waals surface area contributed by atoms with Crippen LogP contribution in [0.15, 0.2) is 0 Å². The topological polar surface area (TPSA) is 50.3 Å². The van der Waals surface area contributed by atoms with Crippen molar-refractivity contribution in [3.63, 3.8) is 0 Å². The highest BCUT2D eigenvalue weighted by molar-refractivity contribution is 7.10. The Hall–Kier alpha value is -0.720. The maximum absolute atomic E-state index is 5.65. The van der Waals surface area contributed by atoms with Gasteiger partial charge in [-0.15, -0.1) is 5.10 Å². The highest BCUT2D eigenvalue weighted by Gasteiger charge is 2.21. The van der Waals surface area contributed by atoms with Crippen molar-refractivity contribution in [2.45, 2.75) is 32.7 Å². The van der Waals surface area contributed by atoms with E-state index < -0.39 is 0 Å². The summed E-state index contributed by atoms with van der Waals surface area (Å²) < 4.78 is 9.68. The van der Waals surface area contributed by atoms with Crippen LogP contribution in [0.1, 0.15) is 31.9 Å². The number of anilines is 1. The number of aromatic nitrogens is 2. The van der Waals surface area contributed by atoms with Gasteiger partial charge in [-0.05, 0) is 32.2 Å². The van der Waals surface area contributed by atoms with Crippen LogP contribution >= 0.6 is 11.5 Å². The first-order chi connectivity index (χ1) is 9.29. The van der Waals surface area contributed by atoms with Crippen LogP contribution in [-0.2, 0) is 11.3 Å². The lowest BCUT2D eigenvalue weighted by molar-refractivity contribution is 0.101. The van der Waals surface area contributed by atoms with Crippen molar-refractivity contribution >= 4 is 16.5 Å². The summed E-state index contributed by atoms with van der Waals surface area (Å²) in [5.41, 5.74) is 1.04. The van der Waals surface area contributed by atoms with Gasteiger partial charge in [0.25, 0.3) is 0 Å². The molecule has 0 amide bonds. The third-order valence-corrected chi connectivity index (χ3v) is 3.90. The molecule has 0 bridgehead atoms. The van der Waals surface area contributed by atoms with Crippen LogP contribution in [0.4, 0.5) is 5.00 Å². The SMILES string of the molecule is CCCNc1snnc1CN(C)CCOCC1CC1. The molecule has 0 spiro atoms. The third kappa shape index (κ3) is 5.42. The lowest BCUT2D eigenvalue weighted by Crippen LogP contribution is -2.23. The highest BCUT2D eigenvalue weighted by Crippen LogP contribution is 2.28. The fraction of sp³-hybridized carbons (Fsp3) is 0.846. The maximum atomic E-state index is 5.65. The minimum Gasteiger partial charge on any atom is -0.380 e. The Morgan fingerprint density at radius 3 is 3.05 bits per heavy atom. The molecule has 1 heterocycles. The predicted octanol–water partition coefficient (Wildman–Crippen LogP) is 2.22. The Morgan fingerprint density at radius 2 is 2.32 bits per heavy atom. The van der Waals surface area contributed by atoms with Crippen molar-refractivity contribution < 1.29 is 4.74 Å². The van der Waals surface area contributed by atoms with Crippen molar-refractivity contribution in [2.75, 3.05) is 38.7 Å². The molecule has 0 radical (unpaired) electrons. The Labute approximate surface area is 119 Å². The molecule has 2 rings (SSSR count). The summed E-state index contributed by atoms with van der Waals surface area (Å²) in [5, 5.41) is 8.68. The van der Waals surface area contributed by atoms with E-state index in [0.29, 0.717) is 0 Å². The van der Waals surface area contributed by atoms with Crippen molar-refractivity contribution in [3.8, 4) is 0 Å². The minimum absolute atomic E-state index is 0.808. The van der Waals surface area contributed by atoms with Crippen LogP contribution in [0.3, 0.4) is 0 Å². The maximum Gasteiger partial charge on any atom is 0.134 e. The van der Waals surface area contributed by atoms with Crippen LogP contribution in [0, 0.1) is 5.92 Å². The van der Waals surface area contributed by atoms with E-state index in [1.807, 2.05) is 0 Å². The summed E-state index contributed by atoms with van der Waals surface area (Å²) in [5.74, 6) is 0.845. The van der Waals surface area contributed by atoms with Crippen LogP contribution in [0.5, 0.6) is 0 Å². The molecule has 1 aromatic heterocycles. The highest BCUT2D eigenvalue weighted by atomic mass is 32.1. The lowest BCUT2D eigenvalue weighted by atomic mass is 10.4. The molecular weight excluding hydrogens is 260 g/mol. The van der Waals surface area contributed by atoms with Crippen molar-refractivity contribution in [3.05, 3.63) is 5.69 Å². The average molecular weight is 284 g/mol. The monoisotopic (exact) mass is 284 g/mol. The van der Waals surface area contributed by atoms with E-state index in [2.05, 4.69) is 33.8 Å². The molecule has 0 aromatic carbocycles. The first kappa shape index (κ1) is 14.7. The molecule has 1 aliphatic rings. The summed E-state index contributed by atoms with van der Waals surface area (Å²) in [6, 6.07) is 0. The lowest BCUT2D eigenvalue weighted by Gasteiger charge is -2.16. The summed E-state index contributed by atoms with van der Waals surface area (Å²) in [7, 11) is 2.10. The van der Waals surface area contributed by atoms with Crippen LogP contribution in [-0.4, -0.2) is 47.8 Å². The van der Waals surface area contributed by atoms with Gasteiger partial charge in [-0.1, -0.05) is 11.4 Å². The molecule has 5 nitrogen and oxygen atoms in total. The van der Waals surface area contributed by atoms with E-state index in [-0.39, 0.29) is 0 Å². The Bertz CT molecular complexity index is 367. The van der Waals surface area contributed by atoms with E-state index in [1.165, 1.54) is 24.4 Å². The second-order valence-corrected chi connectivity index (χ2v) is 5.99. The number of hydrogen-bond donors (Lipinski definition) is 1. The van der Waals surface area contributed by atoms with Gasteiger partial charge in [0.2, 0.25) is 0 Å². The third-order valence-electron chi connectivity index (χ3n) is 3.18. The van der Waals surface area contributed by atoms with Gasteiger partial charge in [-0.2, -0.15) is 0 Å². The van der Waals surface area contributed by atoms with E-state index in [9.17, 15) is 0 Å². The fourth-order valence-electron chi connectivity index (χ4n) is 1.77. The molecule has 1 N–H and O–H groups in total. The average Bonchev–Trinajstić information content (AvgIpc) is 3.13. The van der Waals surface area contributed by atoms with Gasteiger partial charge in [0.1, 0.15) is 10.7 Å². The number of likely N-dealkylation sites (N-methyl/N-ethyl adjacent to an activating group) is 1. The second kappa shape index (κ2) is 7.77. The van der Waals surface area contributed by atoms with E-state index in [4.69, 9.17) is 4.74 Å². The summed E-state index contributed by atoms with van der Waals surface area (Å²) >= 11 is 1.44. The molecule has 1 fully saturated rings. The van der Waals surface area contributed by atoms with Gasteiger partial charge in [0, 0.05) is 37.8 Å². The normalized spacial score (nSPS) is 15.1. The molecule has 0 unspecified atom stereocenters. The van der Waals surface area contributed by atoms with Crippen molar-refractivity contribution in [1.82, 2.24) is 14.5 Å². The van der Waals surface area contributed by atoms with Crippen LogP contribution < -0.4 is 5.32 Å². The van der Waals surface area contributed by atoms with Gasteiger partial charge in [-0.3, -0.25) is 4.90 Å². The first-order valence-electron chi connectivity index (χ1n) is 7.11. The minimum atomic E-state index is 0.808. The number of rotatable bonds is 10. The molecule has 0 aliphatic heterocycles. The number of nitrogens with zero attached hydrogens (tertiary/aromatic N) is 3. The molecule has 1 saturated carbocycles. The second-order valence-electron chi connectivity index (χ2n) is 5.23. The van der Waals surface area contributed by atoms with Gasteiger partial charge < -0.3 is 10.1 Å². The quantitative estimate of drug-likeness (QED) is 0.668. The Morgan fingerprint density at radius 1 is 1.47 bits per heavy atom. The zero-order valence-corrected chi connectivity index (χ0v) is 12.7. The summed E-state index contributed by atoms with van der Waals surface area (Å²) in [6.07, 6.45) is 3.82. The molecule has 6 heteroatoms. The van der Waals surface area contributed by atoms with Crippen LogP contribution in [0.2, 0.25) is 0 Å². The van der Waals surface area contributed by atoms with Gasteiger partial charge in [-0.25, -0.2) is 0 Å². The largest absolute Gasteiger partial charge is 0.380 e. The Kier molecular flexibility index (Phi) is 6.00. The molecule has 19 heavy (non-hydrogen) atoms. The molecule has 0 saturated heterocycles.